The number of aromatic nitrogens is 2. The maximum atomic E-state index is 13.0. The molecule has 0 saturated heterocycles. The molecule has 0 fully saturated rings. The first-order valence-electron chi connectivity index (χ1n) is 9.89. The molecule has 1 N–H and O–H groups in total. The third kappa shape index (κ3) is 6.19. The Hall–Kier alpha value is -2.14. The Morgan fingerprint density at radius 1 is 1.19 bits per heavy atom. The molecule has 0 unspecified atom stereocenters. The zero-order valence-corrected chi connectivity index (χ0v) is 19.3. The van der Waals surface area contributed by atoms with Crippen LogP contribution < -0.4 is 16.6 Å². The topological polar surface area (TPSA) is 82.3 Å². The SMILES string of the molecule is Cc1c(CNCC(=O)OC(C)(C)C)sc2c1c(=O)n(C(C)C)c(=O)n2CCC(F)(F)F. The lowest BCUT2D eigenvalue weighted by Gasteiger charge is -2.19. The van der Waals surface area contributed by atoms with Crippen molar-refractivity contribution < 1.29 is 22.7 Å². The normalized spacial score (nSPS) is 12.7. The van der Waals surface area contributed by atoms with Crippen LogP contribution in [0.15, 0.2) is 9.59 Å². The van der Waals surface area contributed by atoms with Crippen LogP contribution in [0.5, 0.6) is 0 Å². The number of alkyl halides is 3. The molecule has 174 valence electrons. The molecule has 0 aliphatic heterocycles. The van der Waals surface area contributed by atoms with E-state index in [1.165, 1.54) is 0 Å². The Balaban J connectivity index is 2.44. The molecule has 0 atom stereocenters. The Kier molecular flexibility index (Phi) is 7.42. The van der Waals surface area contributed by atoms with Crippen LogP contribution >= 0.6 is 11.3 Å². The Bertz CT molecular complexity index is 1070. The summed E-state index contributed by atoms with van der Waals surface area (Å²) in [6.07, 6.45) is -5.61. The summed E-state index contributed by atoms with van der Waals surface area (Å²) in [6.45, 7) is 9.77. The van der Waals surface area contributed by atoms with E-state index < -0.39 is 48.0 Å². The molecule has 2 aromatic heterocycles. The highest BCUT2D eigenvalue weighted by atomic mass is 32.1. The number of fused-ring (bicyclic) bond motifs is 1. The van der Waals surface area contributed by atoms with Crippen molar-refractivity contribution in [3.8, 4) is 0 Å². The molecule has 0 saturated carbocycles. The second-order valence-corrected chi connectivity index (χ2v) is 9.67. The van der Waals surface area contributed by atoms with Crippen molar-refractivity contribution in [3.05, 3.63) is 31.3 Å². The monoisotopic (exact) mass is 463 g/mol. The molecule has 0 bridgehead atoms. The van der Waals surface area contributed by atoms with Crippen molar-refractivity contribution in [2.45, 2.75) is 78.9 Å². The molecule has 2 aromatic rings. The van der Waals surface area contributed by atoms with E-state index in [1.807, 2.05) is 0 Å². The maximum absolute atomic E-state index is 13.0. The summed E-state index contributed by atoms with van der Waals surface area (Å²) in [7, 11) is 0. The van der Waals surface area contributed by atoms with Gasteiger partial charge in [-0.25, -0.2) is 4.79 Å². The lowest BCUT2D eigenvalue weighted by molar-refractivity contribution is -0.153. The zero-order valence-electron chi connectivity index (χ0n) is 18.5. The molecule has 0 aliphatic carbocycles. The minimum atomic E-state index is -4.44. The van der Waals surface area contributed by atoms with Gasteiger partial charge in [-0.2, -0.15) is 13.2 Å². The fourth-order valence-corrected chi connectivity index (χ4v) is 4.41. The van der Waals surface area contributed by atoms with Crippen LogP contribution in [0, 0.1) is 6.92 Å². The van der Waals surface area contributed by atoms with Crippen molar-refractivity contribution in [1.82, 2.24) is 14.5 Å². The van der Waals surface area contributed by atoms with E-state index in [0.29, 0.717) is 10.4 Å². The fourth-order valence-electron chi connectivity index (χ4n) is 3.13. The van der Waals surface area contributed by atoms with Gasteiger partial charge < -0.3 is 10.1 Å². The van der Waals surface area contributed by atoms with Crippen LogP contribution in [0.25, 0.3) is 10.2 Å². The van der Waals surface area contributed by atoms with E-state index in [0.717, 1.165) is 20.5 Å². The number of carbonyl (C=O) groups is 1. The molecule has 2 heterocycles. The number of rotatable bonds is 7. The second kappa shape index (κ2) is 9.15. The van der Waals surface area contributed by atoms with Crippen LogP contribution in [-0.4, -0.2) is 33.4 Å². The summed E-state index contributed by atoms with van der Waals surface area (Å²) in [4.78, 5) is 38.5. The summed E-state index contributed by atoms with van der Waals surface area (Å²) in [5.74, 6) is -0.449. The lowest BCUT2D eigenvalue weighted by Crippen LogP contribution is -2.41. The number of nitrogens with one attached hydrogen (secondary N) is 1. The summed E-state index contributed by atoms with van der Waals surface area (Å²) in [6, 6.07) is -0.505. The van der Waals surface area contributed by atoms with Crippen molar-refractivity contribution in [2.75, 3.05) is 6.54 Å². The van der Waals surface area contributed by atoms with E-state index in [1.54, 1.807) is 41.5 Å². The van der Waals surface area contributed by atoms with Gasteiger partial charge in [-0.05, 0) is 47.1 Å². The predicted molar refractivity (Wildman–Crippen MR) is 114 cm³/mol. The van der Waals surface area contributed by atoms with Gasteiger partial charge in [0.15, 0.2) is 0 Å². The largest absolute Gasteiger partial charge is 0.459 e. The molecule has 0 spiro atoms. The lowest BCUT2D eigenvalue weighted by atomic mass is 10.2. The number of nitrogens with zero attached hydrogens (tertiary/aromatic N) is 2. The molecule has 0 aromatic carbocycles. The highest BCUT2D eigenvalue weighted by Gasteiger charge is 2.29. The van der Waals surface area contributed by atoms with Crippen LogP contribution in [0.4, 0.5) is 13.2 Å². The maximum Gasteiger partial charge on any atom is 0.390 e. The minimum absolute atomic E-state index is 0.0674. The standard InChI is InChI=1S/C20H28F3N3O4S/c1-11(2)26-16(28)15-12(3)13(9-24-10-14(27)30-19(4,5)6)31-17(15)25(18(26)29)8-7-20(21,22)23/h11,24H,7-10H2,1-6H3. The number of carbonyl (C=O) groups excluding carboxylic acids is 1. The van der Waals surface area contributed by atoms with Crippen molar-refractivity contribution >= 4 is 27.5 Å². The van der Waals surface area contributed by atoms with Crippen molar-refractivity contribution in [3.63, 3.8) is 0 Å². The first-order valence-corrected chi connectivity index (χ1v) is 10.7. The quantitative estimate of drug-likeness (QED) is 0.636. The highest BCUT2D eigenvalue weighted by Crippen LogP contribution is 2.29. The van der Waals surface area contributed by atoms with Crippen LogP contribution in [0.2, 0.25) is 0 Å². The molecule has 11 heteroatoms. The van der Waals surface area contributed by atoms with E-state index in [4.69, 9.17) is 4.74 Å². The average molecular weight is 464 g/mol. The van der Waals surface area contributed by atoms with Gasteiger partial charge in [0.05, 0.1) is 18.4 Å². The van der Waals surface area contributed by atoms with E-state index in [2.05, 4.69) is 5.32 Å². The van der Waals surface area contributed by atoms with Gasteiger partial charge in [0.1, 0.15) is 10.4 Å². The van der Waals surface area contributed by atoms with Gasteiger partial charge in [0.25, 0.3) is 5.56 Å². The van der Waals surface area contributed by atoms with Gasteiger partial charge in [0.2, 0.25) is 0 Å². The number of aryl methyl sites for hydroxylation is 2. The van der Waals surface area contributed by atoms with Gasteiger partial charge in [-0.3, -0.25) is 18.7 Å². The molecule has 0 radical (unpaired) electrons. The number of thiophene rings is 1. The minimum Gasteiger partial charge on any atom is -0.459 e. The van der Waals surface area contributed by atoms with Crippen LogP contribution in [0.1, 0.15) is 57.5 Å². The van der Waals surface area contributed by atoms with Gasteiger partial charge >= 0.3 is 17.8 Å². The Morgan fingerprint density at radius 2 is 1.81 bits per heavy atom. The molecular weight excluding hydrogens is 435 g/mol. The second-order valence-electron chi connectivity index (χ2n) is 8.59. The highest BCUT2D eigenvalue weighted by molar-refractivity contribution is 7.18. The summed E-state index contributed by atoms with van der Waals surface area (Å²) >= 11 is 1.08. The van der Waals surface area contributed by atoms with Crippen LogP contribution in [0.3, 0.4) is 0 Å². The van der Waals surface area contributed by atoms with E-state index in [-0.39, 0.29) is 23.3 Å². The molecular formula is C20H28F3N3O4S. The van der Waals surface area contributed by atoms with Gasteiger partial charge in [-0.1, -0.05) is 0 Å². The summed E-state index contributed by atoms with van der Waals surface area (Å²) < 4.78 is 45.7. The molecule has 2 rings (SSSR count). The number of hydrogen-bond acceptors (Lipinski definition) is 6. The zero-order chi connectivity index (χ0) is 23.7. The molecule has 7 nitrogen and oxygen atoms in total. The van der Waals surface area contributed by atoms with Crippen molar-refractivity contribution in [1.29, 1.82) is 0 Å². The Labute approximate surface area is 181 Å². The first kappa shape index (κ1) is 25.1. The van der Waals surface area contributed by atoms with Gasteiger partial charge in [-0.15, -0.1) is 11.3 Å². The summed E-state index contributed by atoms with van der Waals surface area (Å²) in [5.41, 5.74) is -1.32. The smallest absolute Gasteiger partial charge is 0.390 e. The number of halogens is 3. The third-order valence-electron chi connectivity index (χ3n) is 4.45. The average Bonchev–Trinajstić information content (AvgIpc) is 2.88. The molecule has 31 heavy (non-hydrogen) atoms. The third-order valence-corrected chi connectivity index (χ3v) is 5.77. The number of hydrogen-bond donors (Lipinski definition) is 1. The van der Waals surface area contributed by atoms with Crippen LogP contribution in [-0.2, 0) is 22.6 Å². The van der Waals surface area contributed by atoms with E-state index in [9.17, 15) is 27.6 Å². The fraction of sp³-hybridized carbons (Fsp3) is 0.650. The summed E-state index contributed by atoms with van der Waals surface area (Å²) in [5, 5.41) is 3.16. The number of esters is 1. The first-order chi connectivity index (χ1) is 14.1. The number of ether oxygens (including phenoxy) is 1. The predicted octanol–water partition coefficient (Wildman–Crippen LogP) is 3.50. The molecule has 0 aliphatic rings. The van der Waals surface area contributed by atoms with Gasteiger partial charge in [0, 0.05) is 24.0 Å². The van der Waals surface area contributed by atoms with E-state index >= 15 is 0 Å². The van der Waals surface area contributed by atoms with Crippen molar-refractivity contribution in [2.24, 2.45) is 0 Å². The Morgan fingerprint density at radius 3 is 2.32 bits per heavy atom. The molecule has 0 amide bonds.